The molecule has 0 fully saturated rings. The van der Waals surface area contributed by atoms with Crippen LogP contribution in [0.25, 0.3) is 0 Å². The number of rotatable bonds is 4. The molecule has 0 aromatic rings. The Morgan fingerprint density at radius 2 is 1.89 bits per heavy atom. The highest BCUT2D eigenvalue weighted by atomic mass is 32.8. The summed E-state index contributed by atoms with van der Waals surface area (Å²) in [6.07, 6.45) is 2.19. The van der Waals surface area contributed by atoms with Gasteiger partial charge in [-0.05, 0) is 0 Å². The van der Waals surface area contributed by atoms with Crippen molar-refractivity contribution in [2.24, 2.45) is 5.92 Å². The van der Waals surface area contributed by atoms with E-state index in [1.54, 1.807) is 0 Å². The average molecular weight is 165 g/mol. The van der Waals surface area contributed by atoms with Gasteiger partial charge in [-0.15, -0.1) is 0 Å². The Hall–Kier alpha value is 0.370. The largest absolute Gasteiger partial charge is 0.451 e. The van der Waals surface area contributed by atoms with Gasteiger partial charge in [0.1, 0.15) is 0 Å². The van der Waals surface area contributed by atoms with Crippen molar-refractivity contribution in [3.05, 3.63) is 0 Å². The zero-order valence-electron chi connectivity index (χ0n) is 5.92. The fourth-order valence-corrected chi connectivity index (χ4v) is 2.15. The summed E-state index contributed by atoms with van der Waals surface area (Å²) in [7, 11) is -1.01. The third kappa shape index (κ3) is 4.85. The zero-order chi connectivity index (χ0) is 7.28. The smallest absolute Gasteiger partial charge is 0.0549 e. The van der Waals surface area contributed by atoms with Crippen molar-refractivity contribution in [3.63, 3.8) is 0 Å². The van der Waals surface area contributed by atoms with Crippen molar-refractivity contribution in [2.45, 2.75) is 26.7 Å². The summed E-state index contributed by atoms with van der Waals surface area (Å²) in [5.41, 5.74) is 0. The van der Waals surface area contributed by atoms with E-state index in [0.717, 1.165) is 12.8 Å². The minimum Gasteiger partial charge on any atom is -0.451 e. The van der Waals surface area contributed by atoms with Gasteiger partial charge >= 0.3 is 0 Å². The molecule has 0 bridgehead atoms. The summed E-state index contributed by atoms with van der Waals surface area (Å²) in [6.45, 7) is 4.22. The van der Waals surface area contributed by atoms with E-state index >= 15 is 0 Å². The van der Waals surface area contributed by atoms with Gasteiger partial charge in [-0.3, -0.25) is 0 Å². The highest BCUT2D eigenvalue weighted by Crippen LogP contribution is 2.06. The Kier molecular flexibility index (Phi) is 5.39. The number of hydrogen-bond donors (Lipinski definition) is 0. The van der Waals surface area contributed by atoms with Gasteiger partial charge in [0.25, 0.3) is 0 Å². The highest BCUT2D eigenvalue weighted by Gasteiger charge is 1.95. The van der Waals surface area contributed by atoms with Gasteiger partial charge < -0.3 is 4.21 Å². The van der Waals surface area contributed by atoms with Crippen molar-refractivity contribution >= 4 is 20.5 Å². The Bertz CT molecular complexity index is 117. The Labute approximate surface area is 63.5 Å². The van der Waals surface area contributed by atoms with E-state index in [2.05, 4.69) is 25.0 Å². The van der Waals surface area contributed by atoms with Crippen LogP contribution >= 0.6 is 0 Å². The van der Waals surface area contributed by atoms with E-state index < -0.39 is 9.36 Å². The fraction of sp³-hybridized carbons (Fsp3) is 1.00. The third-order valence-electron chi connectivity index (χ3n) is 1.53. The maximum atomic E-state index is 10.5. The lowest BCUT2D eigenvalue weighted by Crippen LogP contribution is -2.03. The van der Waals surface area contributed by atoms with E-state index in [9.17, 15) is 4.21 Å². The zero-order valence-corrected chi connectivity index (χ0v) is 7.56. The molecule has 0 radical (unpaired) electrons. The molecule has 56 valence electrons. The molecular weight excluding hydrogens is 152 g/mol. The summed E-state index contributed by atoms with van der Waals surface area (Å²) in [5.74, 6) is 1.27. The first kappa shape index (κ1) is 9.37. The molecule has 3 heteroatoms. The van der Waals surface area contributed by atoms with E-state index in [1.807, 2.05) is 0 Å². The first-order chi connectivity index (χ1) is 4.20. The van der Waals surface area contributed by atoms with Gasteiger partial charge in [-0.2, -0.15) is 0 Å². The van der Waals surface area contributed by atoms with Crippen LogP contribution in [0.4, 0.5) is 0 Å². The molecule has 0 rings (SSSR count). The Balaban J connectivity index is 3.55. The van der Waals surface area contributed by atoms with Crippen molar-refractivity contribution in [1.82, 2.24) is 0 Å². The maximum absolute atomic E-state index is 10.5. The minimum absolute atomic E-state index is 0.573. The van der Waals surface area contributed by atoms with Crippen LogP contribution < -0.4 is 0 Å². The molecule has 0 aliphatic rings. The fourth-order valence-electron chi connectivity index (χ4n) is 0.717. The molecule has 0 heterocycles. The molecule has 9 heavy (non-hydrogen) atoms. The first-order valence-electron chi connectivity index (χ1n) is 3.26. The summed E-state index contributed by atoms with van der Waals surface area (Å²) in [6, 6.07) is 0. The third-order valence-corrected chi connectivity index (χ3v) is 2.68. The van der Waals surface area contributed by atoms with Crippen molar-refractivity contribution in [1.29, 1.82) is 0 Å². The van der Waals surface area contributed by atoms with Crippen LogP contribution in [0.1, 0.15) is 26.7 Å². The predicted molar refractivity (Wildman–Crippen MR) is 44.4 cm³/mol. The summed E-state index contributed by atoms with van der Waals surface area (Å²) in [4.78, 5) is 0. The lowest BCUT2D eigenvalue weighted by Gasteiger charge is -2.11. The van der Waals surface area contributed by atoms with Gasteiger partial charge in [0, 0.05) is 0 Å². The van der Waals surface area contributed by atoms with Crippen LogP contribution in [0.5, 0.6) is 0 Å². The summed E-state index contributed by atoms with van der Waals surface area (Å²) >= 11 is 4.56. The van der Waals surface area contributed by atoms with E-state index in [0.29, 0.717) is 11.7 Å². The monoisotopic (exact) mass is 165 g/mol. The molecule has 0 saturated heterocycles. The summed E-state index contributed by atoms with van der Waals surface area (Å²) < 4.78 is 10.5. The standard InChI is InChI=1S/C6H13OS2/c1-3-6(4-2)5-9(7)8/h6H,3-5H2,1-2H3/q-1. The average Bonchev–Trinajstić information content (AvgIpc) is 1.82. The second-order valence-corrected chi connectivity index (χ2v) is 4.21. The molecule has 1 nitrogen and oxygen atoms in total. The maximum Gasteiger partial charge on any atom is -0.0549 e. The van der Waals surface area contributed by atoms with Crippen molar-refractivity contribution in [2.75, 3.05) is 5.75 Å². The lowest BCUT2D eigenvalue weighted by molar-refractivity contribution is 0.539. The Morgan fingerprint density at radius 3 is 2.00 bits per heavy atom. The second kappa shape index (κ2) is 5.18. The topological polar surface area (TPSA) is 17.1 Å². The molecule has 0 amide bonds. The molecule has 0 aliphatic carbocycles. The van der Waals surface area contributed by atoms with Crippen LogP contribution in [-0.4, -0.2) is 5.75 Å². The molecule has 0 N–H and O–H groups in total. The SMILES string of the molecule is CCC(CC)C[S-](=O)=S. The molecular formula is C6H13OS2-. The molecule has 0 saturated carbocycles. The molecule has 0 spiro atoms. The summed E-state index contributed by atoms with van der Waals surface area (Å²) in [5, 5.41) is 0. The van der Waals surface area contributed by atoms with Crippen LogP contribution in [-0.2, 0) is 24.8 Å². The van der Waals surface area contributed by atoms with Crippen LogP contribution in [0, 0.1) is 5.92 Å². The predicted octanol–water partition coefficient (Wildman–Crippen LogP) is 1.85. The van der Waals surface area contributed by atoms with Gasteiger partial charge in [0.2, 0.25) is 0 Å². The molecule has 0 aliphatic heterocycles. The first-order valence-corrected chi connectivity index (χ1v) is 5.50. The number of hydrogen-bond acceptors (Lipinski definition) is 3. The minimum atomic E-state index is -1.01. The van der Waals surface area contributed by atoms with Crippen molar-refractivity contribution in [3.8, 4) is 0 Å². The lowest BCUT2D eigenvalue weighted by atomic mass is 10.1. The van der Waals surface area contributed by atoms with Crippen LogP contribution in [0.2, 0.25) is 0 Å². The van der Waals surface area contributed by atoms with Gasteiger partial charge in [0.05, 0.1) is 0 Å². The van der Waals surface area contributed by atoms with E-state index in [-0.39, 0.29) is 0 Å². The highest BCUT2D eigenvalue weighted by molar-refractivity contribution is 8.21. The van der Waals surface area contributed by atoms with Gasteiger partial charge in [-0.1, -0.05) is 38.4 Å². The Morgan fingerprint density at radius 1 is 1.44 bits per heavy atom. The molecule has 0 aromatic carbocycles. The van der Waals surface area contributed by atoms with Crippen LogP contribution in [0.3, 0.4) is 0 Å². The van der Waals surface area contributed by atoms with E-state index in [4.69, 9.17) is 0 Å². The van der Waals surface area contributed by atoms with Crippen LogP contribution in [0.15, 0.2) is 0 Å². The molecule has 0 atom stereocenters. The quantitative estimate of drug-likeness (QED) is 0.591. The molecule has 0 unspecified atom stereocenters. The van der Waals surface area contributed by atoms with Gasteiger partial charge in [0.15, 0.2) is 0 Å². The van der Waals surface area contributed by atoms with Gasteiger partial charge in [-0.25, -0.2) is 20.5 Å². The van der Waals surface area contributed by atoms with Crippen molar-refractivity contribution < 1.29 is 4.21 Å². The normalized spacial score (nSPS) is 11.1. The molecule has 0 aromatic heterocycles. The second-order valence-electron chi connectivity index (χ2n) is 2.15. The van der Waals surface area contributed by atoms with E-state index in [1.165, 1.54) is 0 Å².